The Balaban J connectivity index is 4.67. The monoisotopic (exact) mass is 322 g/mol. The third kappa shape index (κ3) is 5.04. The maximum absolute atomic E-state index is 3.38. The molecule has 3 heteroatoms. The van der Waals surface area contributed by atoms with Crippen LogP contribution in [0.15, 0.2) is 9.47 Å². The highest BCUT2D eigenvalue weighted by molar-refractivity contribution is 9.28. The van der Waals surface area contributed by atoms with Gasteiger partial charge in [-0.05, 0) is 36.9 Å². The summed E-state index contributed by atoms with van der Waals surface area (Å²) >= 11 is 6.57. The molecule has 0 saturated carbocycles. The molecule has 0 saturated heterocycles. The van der Waals surface area contributed by atoms with Crippen LogP contribution < -0.4 is 0 Å². The van der Waals surface area contributed by atoms with Crippen LogP contribution in [0.4, 0.5) is 0 Å². The quantitative estimate of drug-likeness (QED) is 0.449. The number of hydrogen-bond acceptors (Lipinski definition) is 0. The molecule has 13 heavy (non-hydrogen) atoms. The molecule has 0 aromatic rings. The Hall–Kier alpha value is 0.477. The zero-order chi connectivity index (χ0) is 10.7. The first-order chi connectivity index (χ1) is 5.67. The van der Waals surface area contributed by atoms with Gasteiger partial charge in [0.25, 0.3) is 0 Å². The predicted molar refractivity (Wildman–Crippen MR) is 70.9 cm³/mol. The van der Waals surface area contributed by atoms with Gasteiger partial charge in [0.2, 0.25) is 0 Å². The van der Waals surface area contributed by atoms with Gasteiger partial charge in [0.05, 0.1) is 3.39 Å². The van der Waals surface area contributed by atoms with Crippen molar-refractivity contribution in [3.8, 4) is 11.5 Å². The minimum Gasteiger partial charge on any atom is -0.126 e. The molecule has 0 aromatic heterocycles. The topological polar surface area (TPSA) is 0 Å². The van der Waals surface area contributed by atoms with Gasteiger partial charge < -0.3 is 0 Å². The normalized spacial score (nSPS) is 11.6. The second-order valence-corrected chi connectivity index (χ2v) is 12.4. The van der Waals surface area contributed by atoms with Gasteiger partial charge in [0, 0.05) is 6.08 Å². The second kappa shape index (κ2) is 4.81. The fourth-order valence-corrected chi connectivity index (χ4v) is 1.50. The van der Waals surface area contributed by atoms with Crippen molar-refractivity contribution in [2.75, 3.05) is 0 Å². The minimum atomic E-state index is -1.42. The average molecular weight is 324 g/mol. The van der Waals surface area contributed by atoms with Crippen LogP contribution in [0, 0.1) is 11.5 Å². The van der Waals surface area contributed by atoms with Crippen LogP contribution in [0.1, 0.15) is 20.8 Å². The molecular formula is C10H16Br2Si. The Morgan fingerprint density at radius 3 is 2.00 bits per heavy atom. The highest BCUT2D eigenvalue weighted by Crippen LogP contribution is 2.35. The van der Waals surface area contributed by atoms with E-state index in [2.05, 4.69) is 77.2 Å². The molecular weight excluding hydrogens is 308 g/mol. The van der Waals surface area contributed by atoms with E-state index in [1.807, 2.05) is 6.08 Å². The van der Waals surface area contributed by atoms with Crippen LogP contribution in [-0.2, 0) is 0 Å². The van der Waals surface area contributed by atoms with E-state index in [1.54, 1.807) is 0 Å². The molecule has 0 radical (unpaired) electrons. The molecule has 0 atom stereocenters. The lowest BCUT2D eigenvalue weighted by Crippen LogP contribution is -2.35. The van der Waals surface area contributed by atoms with Gasteiger partial charge in [-0.2, -0.15) is 0 Å². The van der Waals surface area contributed by atoms with Crippen molar-refractivity contribution < 1.29 is 0 Å². The highest BCUT2D eigenvalue weighted by atomic mass is 79.9. The summed E-state index contributed by atoms with van der Waals surface area (Å²) in [5.74, 6) is 3.09. The number of halogens is 2. The highest BCUT2D eigenvalue weighted by Gasteiger charge is 2.33. The first-order valence-electron chi connectivity index (χ1n) is 4.21. The first-order valence-corrected chi connectivity index (χ1v) is 8.79. The van der Waals surface area contributed by atoms with E-state index in [0.717, 1.165) is 3.39 Å². The SMILES string of the molecule is CC(C)(C)[Si](C)(C)C#CC=C(Br)Br. The van der Waals surface area contributed by atoms with Crippen molar-refractivity contribution >= 4 is 39.9 Å². The molecule has 0 aliphatic heterocycles. The maximum Gasteiger partial charge on any atom is 0.138 e. The van der Waals surface area contributed by atoms with Crippen molar-refractivity contribution in [2.24, 2.45) is 0 Å². The summed E-state index contributed by atoms with van der Waals surface area (Å²) < 4.78 is 0.909. The number of rotatable bonds is 0. The van der Waals surface area contributed by atoms with E-state index in [0.29, 0.717) is 5.04 Å². The summed E-state index contributed by atoms with van der Waals surface area (Å²) in [5.41, 5.74) is 3.38. The van der Waals surface area contributed by atoms with Crippen LogP contribution in [0.2, 0.25) is 18.1 Å². The Bertz CT molecular complexity index is 257. The average Bonchev–Trinajstić information content (AvgIpc) is 1.82. The van der Waals surface area contributed by atoms with Crippen molar-refractivity contribution in [2.45, 2.75) is 38.9 Å². The molecule has 0 N–H and O–H groups in total. The first kappa shape index (κ1) is 13.5. The van der Waals surface area contributed by atoms with E-state index >= 15 is 0 Å². The molecule has 0 amide bonds. The summed E-state index contributed by atoms with van der Waals surface area (Å²) in [4.78, 5) is 0. The Morgan fingerprint density at radius 2 is 1.69 bits per heavy atom. The van der Waals surface area contributed by atoms with E-state index in [-0.39, 0.29) is 0 Å². The summed E-state index contributed by atoms with van der Waals surface area (Å²) in [6.07, 6.45) is 1.85. The van der Waals surface area contributed by atoms with E-state index in [1.165, 1.54) is 0 Å². The van der Waals surface area contributed by atoms with Gasteiger partial charge >= 0.3 is 0 Å². The largest absolute Gasteiger partial charge is 0.138 e. The van der Waals surface area contributed by atoms with Crippen LogP contribution in [0.25, 0.3) is 0 Å². The molecule has 0 heterocycles. The predicted octanol–water partition coefficient (Wildman–Crippen LogP) is 4.67. The van der Waals surface area contributed by atoms with Crippen LogP contribution in [-0.4, -0.2) is 8.07 Å². The van der Waals surface area contributed by atoms with Crippen LogP contribution in [0.3, 0.4) is 0 Å². The Morgan fingerprint density at radius 1 is 1.23 bits per heavy atom. The molecule has 0 aliphatic rings. The molecule has 0 unspecified atom stereocenters. The summed E-state index contributed by atoms with van der Waals surface area (Å²) in [5, 5.41) is 0.340. The lowest BCUT2D eigenvalue weighted by atomic mass is 10.2. The zero-order valence-electron chi connectivity index (χ0n) is 8.83. The summed E-state index contributed by atoms with van der Waals surface area (Å²) in [6.45, 7) is 11.4. The van der Waals surface area contributed by atoms with E-state index in [9.17, 15) is 0 Å². The molecule has 0 aromatic carbocycles. The molecule has 0 bridgehead atoms. The molecule has 0 spiro atoms. The van der Waals surface area contributed by atoms with Gasteiger partial charge in [-0.3, -0.25) is 0 Å². The van der Waals surface area contributed by atoms with Crippen molar-refractivity contribution in [3.05, 3.63) is 9.47 Å². The summed E-state index contributed by atoms with van der Waals surface area (Å²) in [6, 6.07) is 0. The Labute approximate surface area is 99.4 Å². The van der Waals surface area contributed by atoms with Crippen molar-refractivity contribution in [1.29, 1.82) is 0 Å². The fraction of sp³-hybridized carbons (Fsp3) is 0.600. The molecule has 74 valence electrons. The lowest BCUT2D eigenvalue weighted by molar-refractivity contribution is 0.731. The van der Waals surface area contributed by atoms with Gasteiger partial charge in [0.1, 0.15) is 8.07 Å². The van der Waals surface area contributed by atoms with Crippen molar-refractivity contribution in [1.82, 2.24) is 0 Å². The number of allylic oxidation sites excluding steroid dienone is 1. The minimum absolute atomic E-state index is 0.340. The van der Waals surface area contributed by atoms with Crippen LogP contribution in [0.5, 0.6) is 0 Å². The third-order valence-electron chi connectivity index (χ3n) is 2.44. The van der Waals surface area contributed by atoms with E-state index < -0.39 is 8.07 Å². The zero-order valence-corrected chi connectivity index (χ0v) is 13.0. The maximum atomic E-state index is 3.38. The fourth-order valence-electron chi connectivity index (χ4n) is 0.459. The molecule has 0 fully saturated rings. The smallest absolute Gasteiger partial charge is 0.126 e. The number of hydrogen-bond donors (Lipinski definition) is 0. The van der Waals surface area contributed by atoms with Gasteiger partial charge in [-0.1, -0.05) is 39.8 Å². The van der Waals surface area contributed by atoms with E-state index in [4.69, 9.17) is 0 Å². The second-order valence-electron chi connectivity index (χ2n) is 4.58. The third-order valence-corrected chi connectivity index (χ3v) is 7.42. The van der Waals surface area contributed by atoms with Crippen LogP contribution >= 0.6 is 31.9 Å². The van der Waals surface area contributed by atoms with Crippen molar-refractivity contribution in [3.63, 3.8) is 0 Å². The lowest BCUT2D eigenvalue weighted by Gasteiger charge is -2.31. The molecule has 0 nitrogen and oxygen atoms in total. The standard InChI is InChI=1S/C10H16Br2Si/c1-10(2,3)13(4,5)8-6-7-9(11)12/h7H,1-5H3. The molecule has 0 aliphatic carbocycles. The summed E-state index contributed by atoms with van der Waals surface area (Å²) in [7, 11) is -1.42. The van der Waals surface area contributed by atoms with Gasteiger partial charge in [-0.25, -0.2) is 0 Å². The molecule has 0 rings (SSSR count). The Kier molecular flexibility index (Phi) is 4.99. The van der Waals surface area contributed by atoms with Gasteiger partial charge in [-0.15, -0.1) is 5.54 Å². The van der Waals surface area contributed by atoms with Gasteiger partial charge in [0.15, 0.2) is 0 Å².